The van der Waals surface area contributed by atoms with Crippen molar-refractivity contribution in [3.63, 3.8) is 0 Å². The van der Waals surface area contributed by atoms with E-state index in [1.165, 1.54) is 11.3 Å². The van der Waals surface area contributed by atoms with Crippen molar-refractivity contribution in [2.75, 3.05) is 5.32 Å². The van der Waals surface area contributed by atoms with Gasteiger partial charge >= 0.3 is 0 Å². The van der Waals surface area contributed by atoms with Crippen molar-refractivity contribution in [1.29, 1.82) is 0 Å². The number of amides is 1. The second kappa shape index (κ2) is 7.51. The van der Waals surface area contributed by atoms with Crippen LogP contribution in [0.15, 0.2) is 65.2 Å². The molecule has 0 radical (unpaired) electrons. The van der Waals surface area contributed by atoms with Crippen molar-refractivity contribution in [2.45, 2.75) is 13.3 Å². The summed E-state index contributed by atoms with van der Waals surface area (Å²) in [6.07, 6.45) is 0.677. The molecule has 0 atom stereocenters. The minimum atomic E-state index is -0.310. The normalized spacial score (nSPS) is 10.7. The largest absolute Gasteiger partial charge is 0.360 e. The van der Waals surface area contributed by atoms with Gasteiger partial charge in [0, 0.05) is 12.0 Å². The number of benzene rings is 2. The third-order valence-electron chi connectivity index (χ3n) is 4.02. The molecular weight excluding hydrogens is 360 g/mol. The zero-order valence-corrected chi connectivity index (χ0v) is 15.4. The van der Waals surface area contributed by atoms with Gasteiger partial charge in [-0.15, -0.1) is 10.2 Å². The van der Waals surface area contributed by atoms with Gasteiger partial charge in [-0.1, -0.05) is 77.2 Å². The van der Waals surface area contributed by atoms with Gasteiger partial charge in [-0.2, -0.15) is 0 Å². The van der Waals surface area contributed by atoms with Crippen LogP contribution in [-0.2, 0) is 6.42 Å². The van der Waals surface area contributed by atoms with E-state index in [9.17, 15) is 4.79 Å². The van der Waals surface area contributed by atoms with Crippen molar-refractivity contribution in [3.05, 3.63) is 82.6 Å². The number of aromatic nitrogens is 3. The number of anilines is 1. The molecule has 0 saturated carbocycles. The summed E-state index contributed by atoms with van der Waals surface area (Å²) in [5.74, 6) is 0.149. The predicted molar refractivity (Wildman–Crippen MR) is 104 cm³/mol. The number of carbonyl (C=O) groups excluding carboxylic acids is 1. The van der Waals surface area contributed by atoms with Crippen LogP contribution in [0.25, 0.3) is 11.3 Å². The monoisotopic (exact) mass is 376 g/mol. The van der Waals surface area contributed by atoms with Gasteiger partial charge in [0.15, 0.2) is 0 Å². The van der Waals surface area contributed by atoms with Crippen LogP contribution in [0.1, 0.15) is 26.7 Å². The van der Waals surface area contributed by atoms with Gasteiger partial charge in [-0.05, 0) is 12.5 Å². The van der Waals surface area contributed by atoms with Gasteiger partial charge in [-0.25, -0.2) is 0 Å². The Morgan fingerprint density at radius 1 is 1.04 bits per heavy atom. The second-order valence-electron chi connectivity index (χ2n) is 5.95. The highest BCUT2D eigenvalue weighted by molar-refractivity contribution is 7.15. The minimum Gasteiger partial charge on any atom is -0.360 e. The highest BCUT2D eigenvalue weighted by Crippen LogP contribution is 2.26. The lowest BCUT2D eigenvalue weighted by molar-refractivity contribution is 0.102. The Morgan fingerprint density at radius 2 is 1.74 bits per heavy atom. The zero-order chi connectivity index (χ0) is 18.6. The van der Waals surface area contributed by atoms with Crippen molar-refractivity contribution in [3.8, 4) is 11.3 Å². The Hall–Kier alpha value is -3.32. The molecule has 27 heavy (non-hydrogen) atoms. The molecule has 6 nitrogen and oxygen atoms in total. The minimum absolute atomic E-state index is 0.310. The first-order valence-electron chi connectivity index (χ1n) is 8.40. The first-order chi connectivity index (χ1) is 13.2. The molecule has 0 bridgehead atoms. The molecule has 4 aromatic rings. The van der Waals surface area contributed by atoms with Crippen LogP contribution >= 0.6 is 11.3 Å². The van der Waals surface area contributed by atoms with Crippen molar-refractivity contribution in [2.24, 2.45) is 0 Å². The number of hydrogen-bond donors (Lipinski definition) is 1. The van der Waals surface area contributed by atoms with Gasteiger partial charge in [0.25, 0.3) is 5.91 Å². The molecule has 2 aromatic heterocycles. The predicted octanol–water partition coefficient (Wildman–Crippen LogP) is 4.34. The van der Waals surface area contributed by atoms with E-state index in [4.69, 9.17) is 4.52 Å². The average molecular weight is 376 g/mol. The Morgan fingerprint density at radius 3 is 2.48 bits per heavy atom. The van der Waals surface area contributed by atoms with E-state index in [0.717, 1.165) is 16.1 Å². The summed E-state index contributed by atoms with van der Waals surface area (Å²) in [5, 5.41) is 16.4. The van der Waals surface area contributed by atoms with E-state index in [0.29, 0.717) is 28.6 Å². The van der Waals surface area contributed by atoms with E-state index < -0.39 is 0 Å². The number of carbonyl (C=O) groups is 1. The molecule has 0 fully saturated rings. The van der Waals surface area contributed by atoms with Crippen molar-refractivity contribution in [1.82, 2.24) is 15.4 Å². The molecule has 7 heteroatoms. The van der Waals surface area contributed by atoms with Crippen molar-refractivity contribution < 1.29 is 9.32 Å². The summed E-state index contributed by atoms with van der Waals surface area (Å²) in [7, 11) is 0. The molecule has 0 aliphatic heterocycles. The molecule has 2 heterocycles. The summed E-state index contributed by atoms with van der Waals surface area (Å²) in [4.78, 5) is 12.8. The topological polar surface area (TPSA) is 80.9 Å². The maximum Gasteiger partial charge on any atom is 0.263 e. The number of rotatable bonds is 5. The maximum atomic E-state index is 12.8. The molecule has 0 saturated heterocycles. The smallest absolute Gasteiger partial charge is 0.263 e. The second-order valence-corrected chi connectivity index (χ2v) is 7.01. The fourth-order valence-electron chi connectivity index (χ4n) is 2.74. The summed E-state index contributed by atoms with van der Waals surface area (Å²) in [5.41, 5.74) is 2.88. The first-order valence-corrected chi connectivity index (χ1v) is 9.21. The number of hydrogen-bond acceptors (Lipinski definition) is 6. The number of nitrogens with one attached hydrogen (secondary N) is 1. The van der Waals surface area contributed by atoms with Crippen LogP contribution in [0.4, 0.5) is 5.13 Å². The van der Waals surface area contributed by atoms with E-state index in [1.54, 1.807) is 6.92 Å². The third kappa shape index (κ3) is 3.78. The number of nitrogens with zero attached hydrogens (tertiary/aromatic N) is 3. The molecule has 0 spiro atoms. The standard InChI is InChI=1S/C20H16N4O2S/c1-13-17(18(24-26-13)15-10-6-3-7-11-15)19(25)21-20-23-22-16(27-20)12-14-8-4-2-5-9-14/h2-11H,12H2,1H3,(H,21,23,25). The lowest BCUT2D eigenvalue weighted by Crippen LogP contribution is -2.13. The molecule has 134 valence electrons. The van der Waals surface area contributed by atoms with E-state index >= 15 is 0 Å². The summed E-state index contributed by atoms with van der Waals surface area (Å²) < 4.78 is 5.25. The molecule has 4 rings (SSSR count). The summed E-state index contributed by atoms with van der Waals surface area (Å²) in [6.45, 7) is 1.72. The van der Waals surface area contributed by atoms with Crippen LogP contribution in [0.2, 0.25) is 0 Å². The third-order valence-corrected chi connectivity index (χ3v) is 4.86. The summed E-state index contributed by atoms with van der Waals surface area (Å²) >= 11 is 1.36. The lowest BCUT2D eigenvalue weighted by Gasteiger charge is -2.02. The lowest BCUT2D eigenvalue weighted by atomic mass is 10.1. The number of aryl methyl sites for hydroxylation is 1. The Bertz CT molecular complexity index is 1060. The van der Waals surface area contributed by atoms with Gasteiger partial charge in [0.2, 0.25) is 5.13 Å². The summed E-state index contributed by atoms with van der Waals surface area (Å²) in [6, 6.07) is 19.5. The molecule has 0 unspecified atom stereocenters. The average Bonchev–Trinajstić information content (AvgIpc) is 3.29. The Balaban J connectivity index is 1.53. The molecule has 1 amide bonds. The Kier molecular flexibility index (Phi) is 4.76. The van der Waals surface area contributed by atoms with Crippen LogP contribution in [0, 0.1) is 6.92 Å². The maximum absolute atomic E-state index is 12.8. The van der Waals surface area contributed by atoms with Crippen LogP contribution in [0.3, 0.4) is 0 Å². The van der Waals surface area contributed by atoms with Crippen molar-refractivity contribution >= 4 is 22.4 Å². The van der Waals surface area contributed by atoms with Gasteiger partial charge in [0.1, 0.15) is 22.0 Å². The SMILES string of the molecule is Cc1onc(-c2ccccc2)c1C(=O)Nc1nnc(Cc2ccccc2)s1. The zero-order valence-electron chi connectivity index (χ0n) is 14.5. The van der Waals surface area contributed by atoms with E-state index in [-0.39, 0.29) is 5.91 Å². The molecule has 2 aromatic carbocycles. The fourth-order valence-corrected chi connectivity index (χ4v) is 3.51. The van der Waals surface area contributed by atoms with Crippen LogP contribution < -0.4 is 5.32 Å². The van der Waals surface area contributed by atoms with Crippen LogP contribution in [-0.4, -0.2) is 21.3 Å². The molecular formula is C20H16N4O2S. The van der Waals surface area contributed by atoms with Gasteiger partial charge in [-0.3, -0.25) is 10.1 Å². The molecule has 0 aliphatic carbocycles. The molecule has 0 aliphatic rings. The fraction of sp³-hybridized carbons (Fsp3) is 0.100. The van der Waals surface area contributed by atoms with E-state index in [2.05, 4.69) is 20.7 Å². The molecule has 1 N–H and O–H groups in total. The first kappa shape index (κ1) is 17.1. The Labute approximate surface area is 159 Å². The van der Waals surface area contributed by atoms with E-state index in [1.807, 2.05) is 60.7 Å². The van der Waals surface area contributed by atoms with Gasteiger partial charge < -0.3 is 4.52 Å². The quantitative estimate of drug-likeness (QED) is 0.560. The van der Waals surface area contributed by atoms with Gasteiger partial charge in [0.05, 0.1) is 0 Å². The van der Waals surface area contributed by atoms with Crippen LogP contribution in [0.5, 0.6) is 0 Å². The highest BCUT2D eigenvalue weighted by Gasteiger charge is 2.22. The highest BCUT2D eigenvalue weighted by atomic mass is 32.1.